The molecule has 2 aliphatic rings. The molecule has 0 bridgehead atoms. The fourth-order valence-electron chi connectivity index (χ4n) is 3.55. The summed E-state index contributed by atoms with van der Waals surface area (Å²) in [4.78, 5) is 5.15. The first kappa shape index (κ1) is 13.6. The van der Waals surface area contributed by atoms with Gasteiger partial charge in [0, 0.05) is 36.9 Å². The first-order valence-corrected chi connectivity index (χ1v) is 7.45. The Hall–Kier alpha value is -1.42. The van der Waals surface area contributed by atoms with Gasteiger partial charge in [-0.3, -0.25) is 4.90 Å². The van der Waals surface area contributed by atoms with Crippen molar-refractivity contribution in [1.29, 1.82) is 0 Å². The lowest BCUT2D eigenvalue weighted by Crippen LogP contribution is -2.55. The molecule has 0 radical (unpaired) electrons. The lowest BCUT2D eigenvalue weighted by Gasteiger charge is -2.43. The smallest absolute Gasteiger partial charge is 0.162 e. The fraction of sp³-hybridized carbons (Fsp3) is 0.625. The van der Waals surface area contributed by atoms with Gasteiger partial charge in [0.25, 0.3) is 0 Å². The summed E-state index contributed by atoms with van der Waals surface area (Å²) in [6.07, 6.45) is 2.67. The molecule has 4 nitrogen and oxygen atoms in total. The SMILES string of the molecule is COc1ccc(N2CC3CCCN3CC2C)cc1OC. The largest absolute Gasteiger partial charge is 0.493 e. The molecule has 0 aromatic heterocycles. The van der Waals surface area contributed by atoms with Crippen LogP contribution in [0.1, 0.15) is 19.8 Å². The van der Waals surface area contributed by atoms with Crippen LogP contribution in [-0.4, -0.2) is 50.8 Å². The second-order valence-corrected chi connectivity index (χ2v) is 5.83. The summed E-state index contributed by atoms with van der Waals surface area (Å²) in [5.74, 6) is 1.61. The summed E-state index contributed by atoms with van der Waals surface area (Å²) >= 11 is 0. The topological polar surface area (TPSA) is 24.9 Å². The highest BCUT2D eigenvalue weighted by Gasteiger charge is 2.34. The number of piperazine rings is 1. The summed E-state index contributed by atoms with van der Waals surface area (Å²) < 4.78 is 10.8. The van der Waals surface area contributed by atoms with E-state index in [0.29, 0.717) is 6.04 Å². The van der Waals surface area contributed by atoms with Crippen molar-refractivity contribution in [3.8, 4) is 11.5 Å². The average Bonchev–Trinajstić information content (AvgIpc) is 2.92. The molecular formula is C16H24N2O2. The summed E-state index contributed by atoms with van der Waals surface area (Å²) in [6.45, 7) is 5.87. The second-order valence-electron chi connectivity index (χ2n) is 5.83. The number of nitrogens with zero attached hydrogens (tertiary/aromatic N) is 2. The first-order valence-electron chi connectivity index (χ1n) is 7.45. The van der Waals surface area contributed by atoms with E-state index in [1.54, 1.807) is 14.2 Å². The van der Waals surface area contributed by atoms with Gasteiger partial charge >= 0.3 is 0 Å². The van der Waals surface area contributed by atoms with Crippen LogP contribution in [-0.2, 0) is 0 Å². The number of rotatable bonds is 3. The first-order chi connectivity index (χ1) is 9.72. The third-order valence-electron chi connectivity index (χ3n) is 4.64. The molecule has 2 saturated heterocycles. The van der Waals surface area contributed by atoms with Gasteiger partial charge in [-0.2, -0.15) is 0 Å². The van der Waals surface area contributed by atoms with E-state index >= 15 is 0 Å². The fourth-order valence-corrected chi connectivity index (χ4v) is 3.55. The van der Waals surface area contributed by atoms with Crippen LogP contribution >= 0.6 is 0 Å². The molecule has 0 aliphatic carbocycles. The van der Waals surface area contributed by atoms with E-state index in [-0.39, 0.29) is 0 Å². The molecule has 2 fully saturated rings. The van der Waals surface area contributed by atoms with Crippen LogP contribution in [0, 0.1) is 0 Å². The van der Waals surface area contributed by atoms with Crippen LogP contribution in [0.4, 0.5) is 5.69 Å². The van der Waals surface area contributed by atoms with Crippen molar-refractivity contribution in [1.82, 2.24) is 4.90 Å². The highest BCUT2D eigenvalue weighted by atomic mass is 16.5. The zero-order valence-electron chi connectivity index (χ0n) is 12.6. The number of ether oxygens (including phenoxy) is 2. The molecule has 110 valence electrons. The molecule has 0 spiro atoms. The normalized spacial score (nSPS) is 26.4. The summed E-state index contributed by atoms with van der Waals surface area (Å²) in [5, 5.41) is 0. The molecule has 4 heteroatoms. The maximum Gasteiger partial charge on any atom is 0.162 e. The van der Waals surface area contributed by atoms with Gasteiger partial charge in [-0.1, -0.05) is 0 Å². The van der Waals surface area contributed by atoms with E-state index in [1.165, 1.54) is 31.6 Å². The Bertz CT molecular complexity index is 478. The number of hydrogen-bond acceptors (Lipinski definition) is 4. The molecule has 20 heavy (non-hydrogen) atoms. The molecule has 1 aromatic rings. The minimum Gasteiger partial charge on any atom is -0.493 e. The Morgan fingerprint density at radius 1 is 1.10 bits per heavy atom. The molecule has 2 aliphatic heterocycles. The molecule has 1 aromatic carbocycles. The second kappa shape index (κ2) is 5.52. The Morgan fingerprint density at radius 2 is 1.90 bits per heavy atom. The van der Waals surface area contributed by atoms with E-state index in [4.69, 9.17) is 9.47 Å². The standard InChI is InChI=1S/C16H24N2O2/c1-12-10-17-8-4-5-14(17)11-18(12)13-6-7-15(19-2)16(9-13)20-3/h6-7,9,12,14H,4-5,8,10-11H2,1-3H3. The highest BCUT2D eigenvalue weighted by Crippen LogP contribution is 2.34. The average molecular weight is 276 g/mol. The highest BCUT2D eigenvalue weighted by molar-refractivity contribution is 5.57. The van der Waals surface area contributed by atoms with Gasteiger partial charge in [-0.05, 0) is 38.4 Å². The minimum absolute atomic E-state index is 0.544. The van der Waals surface area contributed by atoms with Gasteiger partial charge in [-0.15, -0.1) is 0 Å². The molecule has 0 amide bonds. The minimum atomic E-state index is 0.544. The van der Waals surface area contributed by atoms with Crippen molar-refractivity contribution in [2.45, 2.75) is 31.8 Å². The molecule has 2 unspecified atom stereocenters. The predicted molar refractivity (Wildman–Crippen MR) is 80.9 cm³/mol. The summed E-state index contributed by atoms with van der Waals surface area (Å²) in [5.41, 5.74) is 1.24. The lowest BCUT2D eigenvalue weighted by atomic mass is 10.1. The Kier molecular flexibility index (Phi) is 3.74. The van der Waals surface area contributed by atoms with Gasteiger partial charge in [0.15, 0.2) is 11.5 Å². The van der Waals surface area contributed by atoms with E-state index in [1.807, 2.05) is 6.07 Å². The summed E-state index contributed by atoms with van der Waals surface area (Å²) in [6, 6.07) is 7.51. The maximum atomic E-state index is 5.43. The van der Waals surface area contributed by atoms with E-state index in [2.05, 4.69) is 28.9 Å². The predicted octanol–water partition coefficient (Wildman–Crippen LogP) is 2.38. The monoisotopic (exact) mass is 276 g/mol. The van der Waals surface area contributed by atoms with Crippen molar-refractivity contribution in [2.24, 2.45) is 0 Å². The van der Waals surface area contributed by atoms with E-state index < -0.39 is 0 Å². The third kappa shape index (κ3) is 2.33. The van der Waals surface area contributed by atoms with E-state index in [0.717, 1.165) is 24.1 Å². The molecule has 0 saturated carbocycles. The van der Waals surface area contributed by atoms with Gasteiger partial charge < -0.3 is 14.4 Å². The maximum absolute atomic E-state index is 5.43. The van der Waals surface area contributed by atoms with Crippen LogP contribution in [0.15, 0.2) is 18.2 Å². The Labute approximate surface area is 121 Å². The zero-order valence-corrected chi connectivity index (χ0v) is 12.6. The van der Waals surface area contributed by atoms with Crippen LogP contribution in [0.5, 0.6) is 11.5 Å². The van der Waals surface area contributed by atoms with E-state index in [9.17, 15) is 0 Å². The molecule has 3 rings (SSSR count). The summed E-state index contributed by atoms with van der Waals surface area (Å²) in [7, 11) is 3.37. The van der Waals surface area contributed by atoms with Crippen molar-refractivity contribution in [3.63, 3.8) is 0 Å². The van der Waals surface area contributed by atoms with Crippen LogP contribution < -0.4 is 14.4 Å². The number of anilines is 1. The van der Waals surface area contributed by atoms with Gasteiger partial charge in [0.2, 0.25) is 0 Å². The third-order valence-corrected chi connectivity index (χ3v) is 4.64. The Morgan fingerprint density at radius 3 is 2.65 bits per heavy atom. The van der Waals surface area contributed by atoms with Crippen molar-refractivity contribution in [3.05, 3.63) is 18.2 Å². The lowest BCUT2D eigenvalue weighted by molar-refractivity contribution is 0.203. The molecular weight excluding hydrogens is 252 g/mol. The van der Waals surface area contributed by atoms with Gasteiger partial charge in [0.1, 0.15) is 0 Å². The van der Waals surface area contributed by atoms with Crippen molar-refractivity contribution in [2.75, 3.05) is 38.8 Å². The zero-order chi connectivity index (χ0) is 14.1. The quantitative estimate of drug-likeness (QED) is 0.846. The van der Waals surface area contributed by atoms with Crippen LogP contribution in [0.25, 0.3) is 0 Å². The number of benzene rings is 1. The number of methoxy groups -OCH3 is 2. The molecule has 2 atom stereocenters. The molecule has 2 heterocycles. The van der Waals surface area contributed by atoms with Crippen LogP contribution in [0.3, 0.4) is 0 Å². The molecule has 0 N–H and O–H groups in total. The van der Waals surface area contributed by atoms with Crippen LogP contribution in [0.2, 0.25) is 0 Å². The van der Waals surface area contributed by atoms with Gasteiger partial charge in [0.05, 0.1) is 14.2 Å². The van der Waals surface area contributed by atoms with Crippen molar-refractivity contribution >= 4 is 5.69 Å². The number of hydrogen-bond donors (Lipinski definition) is 0. The van der Waals surface area contributed by atoms with Gasteiger partial charge in [-0.25, -0.2) is 0 Å². The number of fused-ring (bicyclic) bond motifs is 1. The van der Waals surface area contributed by atoms with Crippen molar-refractivity contribution < 1.29 is 9.47 Å². The Balaban J connectivity index is 1.84.